The van der Waals surface area contributed by atoms with Crippen molar-refractivity contribution in [3.05, 3.63) is 58.6 Å². The van der Waals surface area contributed by atoms with Crippen LogP contribution in [0.5, 0.6) is 0 Å². The van der Waals surface area contributed by atoms with Gasteiger partial charge in [0.05, 0.1) is 16.9 Å². The fraction of sp³-hybridized carbons (Fsp3) is 0.543. The van der Waals surface area contributed by atoms with Crippen LogP contribution in [0.2, 0.25) is 5.02 Å². The van der Waals surface area contributed by atoms with Gasteiger partial charge in [-0.25, -0.2) is 18.4 Å². The molecule has 0 aliphatic carbocycles. The van der Waals surface area contributed by atoms with Gasteiger partial charge in [-0.3, -0.25) is 9.59 Å². The smallest absolute Gasteiger partial charge is 0.317 e. The highest BCUT2D eigenvalue weighted by atomic mass is 35.5. The lowest BCUT2D eigenvalue weighted by Crippen LogP contribution is -2.48. The van der Waals surface area contributed by atoms with E-state index < -0.39 is 5.82 Å². The highest BCUT2D eigenvalue weighted by molar-refractivity contribution is 6.30. The Balaban J connectivity index is 0.000000260. The molecule has 2 aromatic carbocycles. The molecule has 264 valence electrons. The maximum absolute atomic E-state index is 13.6. The topological polar surface area (TPSA) is 123 Å². The second kappa shape index (κ2) is 18.6. The van der Waals surface area contributed by atoms with Crippen LogP contribution in [-0.4, -0.2) is 72.9 Å². The van der Waals surface area contributed by atoms with Gasteiger partial charge in [-0.05, 0) is 80.3 Å². The number of benzene rings is 2. The number of nitrogens with zero attached hydrogens (tertiary/aromatic N) is 2. The van der Waals surface area contributed by atoms with E-state index in [2.05, 4.69) is 21.3 Å². The molecule has 0 saturated carbocycles. The molecule has 2 aliphatic heterocycles. The lowest BCUT2D eigenvalue weighted by molar-refractivity contribution is -0.121. The van der Waals surface area contributed by atoms with Crippen LogP contribution in [0.4, 0.5) is 29.7 Å². The molecule has 2 fully saturated rings. The predicted octanol–water partition coefficient (Wildman–Crippen LogP) is 6.65. The quantitative estimate of drug-likeness (QED) is 0.248. The molecule has 6 amide bonds. The number of rotatable bonds is 8. The normalized spacial score (nSPS) is 17.7. The van der Waals surface area contributed by atoms with Crippen molar-refractivity contribution in [2.24, 2.45) is 23.7 Å². The summed E-state index contributed by atoms with van der Waals surface area (Å²) < 4.78 is 27.0. The highest BCUT2D eigenvalue weighted by Crippen LogP contribution is 2.23. The molecule has 0 bridgehead atoms. The van der Waals surface area contributed by atoms with Crippen molar-refractivity contribution in [2.45, 2.75) is 60.3 Å². The van der Waals surface area contributed by atoms with Gasteiger partial charge in [0.15, 0.2) is 0 Å². The van der Waals surface area contributed by atoms with E-state index in [1.807, 2.05) is 27.7 Å². The summed E-state index contributed by atoms with van der Waals surface area (Å²) in [6, 6.07) is 8.53. The number of hydrogen-bond acceptors (Lipinski definition) is 4. The first kappa shape index (κ1) is 38.5. The highest BCUT2D eigenvalue weighted by Gasteiger charge is 2.30. The first-order valence-electron chi connectivity index (χ1n) is 16.6. The number of aryl methyl sites for hydroxylation is 1. The second-order valence-corrected chi connectivity index (χ2v) is 13.7. The van der Waals surface area contributed by atoms with Gasteiger partial charge >= 0.3 is 12.1 Å². The molecule has 2 heterocycles. The minimum Gasteiger partial charge on any atom is -0.338 e. The van der Waals surface area contributed by atoms with Crippen LogP contribution in [0.15, 0.2) is 36.4 Å². The molecule has 0 radical (unpaired) electrons. The summed E-state index contributed by atoms with van der Waals surface area (Å²) in [5.74, 6) is -1.11. The zero-order valence-electron chi connectivity index (χ0n) is 28.5. The Morgan fingerprint density at radius 1 is 0.750 bits per heavy atom. The second-order valence-electron chi connectivity index (χ2n) is 13.3. The van der Waals surface area contributed by atoms with Gasteiger partial charge in [-0.2, -0.15) is 0 Å². The van der Waals surface area contributed by atoms with Gasteiger partial charge in [0.25, 0.3) is 0 Å². The van der Waals surface area contributed by atoms with Crippen LogP contribution in [0, 0.1) is 42.2 Å². The molecule has 2 aliphatic rings. The molecule has 2 saturated heterocycles. The van der Waals surface area contributed by atoms with Crippen LogP contribution >= 0.6 is 11.6 Å². The first-order chi connectivity index (χ1) is 22.7. The van der Waals surface area contributed by atoms with E-state index in [0.29, 0.717) is 74.5 Å². The third-order valence-corrected chi connectivity index (χ3v) is 8.41. The average Bonchev–Trinajstić information content (AvgIpc) is 3.06. The summed E-state index contributed by atoms with van der Waals surface area (Å²) in [6.45, 7) is 13.1. The number of carbonyl (C=O) groups excluding carboxylic acids is 4. The molecule has 2 aromatic rings. The van der Waals surface area contributed by atoms with Crippen LogP contribution in [0.3, 0.4) is 0 Å². The molecule has 4 N–H and O–H groups in total. The Hall–Kier alpha value is -3.93. The van der Waals surface area contributed by atoms with E-state index in [9.17, 15) is 28.0 Å². The summed E-state index contributed by atoms with van der Waals surface area (Å²) in [5.41, 5.74) is 1.35. The third-order valence-electron chi connectivity index (χ3n) is 8.11. The summed E-state index contributed by atoms with van der Waals surface area (Å²) in [6.07, 6.45) is 2.99. The van der Waals surface area contributed by atoms with E-state index in [4.69, 9.17) is 11.6 Å². The zero-order chi connectivity index (χ0) is 35.4. The minimum absolute atomic E-state index is 0.0127. The summed E-state index contributed by atoms with van der Waals surface area (Å²) in [4.78, 5) is 52.4. The Kier molecular flexibility index (Phi) is 14.9. The number of halogens is 3. The van der Waals surface area contributed by atoms with Crippen molar-refractivity contribution >= 4 is 46.9 Å². The number of piperidine rings is 2. The van der Waals surface area contributed by atoms with Gasteiger partial charge in [0.2, 0.25) is 11.8 Å². The Morgan fingerprint density at radius 2 is 1.19 bits per heavy atom. The van der Waals surface area contributed by atoms with Crippen molar-refractivity contribution in [2.75, 3.05) is 49.9 Å². The molecule has 4 rings (SSSR count). The van der Waals surface area contributed by atoms with Gasteiger partial charge < -0.3 is 31.1 Å². The summed E-state index contributed by atoms with van der Waals surface area (Å²) in [5, 5.41) is 11.2. The number of nitrogens with one attached hydrogen (secondary N) is 4. The van der Waals surface area contributed by atoms with E-state index in [0.717, 1.165) is 19.3 Å². The molecule has 48 heavy (non-hydrogen) atoms. The van der Waals surface area contributed by atoms with E-state index in [1.54, 1.807) is 34.9 Å². The Morgan fingerprint density at radius 3 is 1.60 bits per heavy atom. The van der Waals surface area contributed by atoms with Crippen LogP contribution in [-0.2, 0) is 9.59 Å². The fourth-order valence-corrected chi connectivity index (χ4v) is 5.41. The van der Waals surface area contributed by atoms with Crippen molar-refractivity contribution < 1.29 is 28.0 Å². The van der Waals surface area contributed by atoms with Crippen molar-refractivity contribution in [1.29, 1.82) is 0 Å². The van der Waals surface area contributed by atoms with Crippen LogP contribution in [0.25, 0.3) is 0 Å². The fourth-order valence-electron chi connectivity index (χ4n) is 5.29. The van der Waals surface area contributed by atoms with Crippen LogP contribution in [0.1, 0.15) is 58.9 Å². The van der Waals surface area contributed by atoms with Crippen molar-refractivity contribution in [1.82, 2.24) is 20.4 Å². The number of urea groups is 2. The number of hydrogen-bond donors (Lipinski definition) is 4. The predicted molar refractivity (Wildman–Crippen MR) is 185 cm³/mol. The Labute approximate surface area is 287 Å². The summed E-state index contributed by atoms with van der Waals surface area (Å²) >= 11 is 5.63. The molecule has 10 nitrogen and oxygen atoms in total. The summed E-state index contributed by atoms with van der Waals surface area (Å²) in [7, 11) is 0. The van der Waals surface area contributed by atoms with E-state index in [-0.39, 0.29) is 46.6 Å². The van der Waals surface area contributed by atoms with Crippen LogP contribution < -0.4 is 21.3 Å². The van der Waals surface area contributed by atoms with Crippen molar-refractivity contribution in [3.63, 3.8) is 0 Å². The molecule has 0 aromatic heterocycles. The molecular formula is C35H49ClF2N6O4. The molecule has 0 spiro atoms. The molecule has 2 atom stereocenters. The lowest BCUT2D eigenvalue weighted by Gasteiger charge is -2.32. The molecule has 13 heteroatoms. The molecular weight excluding hydrogens is 642 g/mol. The molecule has 1 unspecified atom stereocenters. The standard InChI is InChI=1S/C18H26FN3O2.C17H23ClFN3O2/c1-12(2)10-20-18(24)22-8-4-5-14(11-22)17(23)21-15-7-6-13(3)16(19)9-15;1-11(2)9-20-17(24)22-7-3-4-12(10-22)16(23)21-13-5-6-14(18)15(19)8-13/h6-7,9,12,14H,4-5,8,10-11H2,1-3H3,(H,20,24)(H,21,23);5-6,8,11-12H,3-4,7,9-10H2,1-2H3,(H,20,24)(H,21,23)/t;12-/m.0/s1. The van der Waals surface area contributed by atoms with E-state index in [1.165, 1.54) is 18.2 Å². The lowest BCUT2D eigenvalue weighted by atomic mass is 9.97. The monoisotopic (exact) mass is 690 g/mol. The van der Waals surface area contributed by atoms with Gasteiger partial charge in [-0.15, -0.1) is 0 Å². The largest absolute Gasteiger partial charge is 0.338 e. The van der Waals surface area contributed by atoms with Gasteiger partial charge in [-0.1, -0.05) is 45.4 Å². The maximum atomic E-state index is 13.6. The number of carbonyl (C=O) groups is 4. The number of likely N-dealkylation sites (tertiary alicyclic amines) is 2. The number of anilines is 2. The first-order valence-corrected chi connectivity index (χ1v) is 17.0. The van der Waals surface area contributed by atoms with Gasteiger partial charge in [0.1, 0.15) is 11.6 Å². The van der Waals surface area contributed by atoms with Crippen molar-refractivity contribution in [3.8, 4) is 0 Å². The average molecular weight is 691 g/mol. The van der Waals surface area contributed by atoms with E-state index >= 15 is 0 Å². The maximum Gasteiger partial charge on any atom is 0.317 e. The number of amides is 6. The van der Waals surface area contributed by atoms with Gasteiger partial charge in [0, 0.05) is 50.6 Å². The zero-order valence-corrected chi connectivity index (χ0v) is 29.3. The third kappa shape index (κ3) is 12.3. The Bertz CT molecular complexity index is 1320. The SMILES string of the molecule is CC(C)CNC(=O)N1CCC[C@H](C(=O)Nc2ccc(Cl)c(F)c2)C1.Cc1ccc(NC(=O)C2CCCN(C(=O)NCC(C)C)C2)cc1F. The minimum atomic E-state index is -0.576.